The Bertz CT molecular complexity index is 268. The highest BCUT2D eigenvalue weighted by atomic mass is 32.2. The average Bonchev–Trinajstić information content (AvgIpc) is 2.36. The van der Waals surface area contributed by atoms with E-state index in [4.69, 9.17) is 0 Å². The van der Waals surface area contributed by atoms with Crippen molar-refractivity contribution >= 4 is 17.7 Å². The molecule has 1 amide bonds. The molecule has 0 aliphatic carbocycles. The number of likely N-dealkylation sites (N-methyl/N-ethyl adjacent to an activating group) is 1. The Hall–Kier alpha value is -0.260. The summed E-state index contributed by atoms with van der Waals surface area (Å²) in [6, 6.07) is 0.270. The third kappa shape index (κ3) is 8.12. The van der Waals surface area contributed by atoms with Crippen LogP contribution in [-0.4, -0.2) is 61.6 Å². The van der Waals surface area contributed by atoms with Crippen LogP contribution in [0.4, 0.5) is 0 Å². The average molecular weight is 302 g/mol. The van der Waals surface area contributed by atoms with Crippen molar-refractivity contribution in [3.05, 3.63) is 0 Å². The highest BCUT2D eigenvalue weighted by Gasteiger charge is 2.18. The molecule has 4 nitrogen and oxygen atoms in total. The van der Waals surface area contributed by atoms with Gasteiger partial charge in [0.1, 0.15) is 0 Å². The van der Waals surface area contributed by atoms with E-state index >= 15 is 0 Å². The summed E-state index contributed by atoms with van der Waals surface area (Å²) < 4.78 is 0. The number of rotatable bonds is 8. The number of nitrogens with zero attached hydrogens (tertiary/aromatic N) is 1. The van der Waals surface area contributed by atoms with Gasteiger partial charge in [-0.3, -0.25) is 4.79 Å². The minimum absolute atomic E-state index is 0.195. The molecule has 0 aromatic carbocycles. The van der Waals surface area contributed by atoms with Gasteiger partial charge in [-0.05, 0) is 52.4 Å². The fourth-order valence-electron chi connectivity index (χ4n) is 2.61. The van der Waals surface area contributed by atoms with Crippen molar-refractivity contribution in [1.82, 2.24) is 15.5 Å². The van der Waals surface area contributed by atoms with E-state index in [1.165, 1.54) is 12.8 Å². The minimum atomic E-state index is 0.195. The first kappa shape index (κ1) is 17.8. The Balaban J connectivity index is 2.28. The lowest BCUT2D eigenvalue weighted by Crippen LogP contribution is -2.43. The van der Waals surface area contributed by atoms with Crippen LogP contribution in [0.1, 0.15) is 33.1 Å². The van der Waals surface area contributed by atoms with Gasteiger partial charge in [0.25, 0.3) is 0 Å². The van der Waals surface area contributed by atoms with Crippen LogP contribution in [0.3, 0.4) is 0 Å². The van der Waals surface area contributed by atoms with E-state index in [2.05, 4.69) is 43.5 Å². The number of piperidine rings is 1. The Morgan fingerprint density at radius 1 is 1.35 bits per heavy atom. The summed E-state index contributed by atoms with van der Waals surface area (Å²) in [4.78, 5) is 14.2. The molecule has 1 atom stereocenters. The van der Waals surface area contributed by atoms with Gasteiger partial charge in [-0.2, -0.15) is 0 Å². The number of nitrogens with one attached hydrogen (secondary N) is 2. The second-order valence-corrected chi connectivity index (χ2v) is 7.71. The van der Waals surface area contributed by atoms with E-state index in [9.17, 15) is 4.79 Å². The molecule has 2 N–H and O–H groups in total. The lowest BCUT2D eigenvalue weighted by Gasteiger charge is -2.25. The van der Waals surface area contributed by atoms with Crippen molar-refractivity contribution in [3.8, 4) is 0 Å². The largest absolute Gasteiger partial charge is 0.351 e. The molecule has 0 aromatic rings. The normalized spacial score (nSPS) is 18.5. The summed E-state index contributed by atoms with van der Waals surface area (Å²) >= 11 is 1.82. The minimum Gasteiger partial charge on any atom is -0.351 e. The van der Waals surface area contributed by atoms with Crippen molar-refractivity contribution < 1.29 is 4.79 Å². The maximum absolute atomic E-state index is 12.1. The summed E-state index contributed by atoms with van der Waals surface area (Å²) in [6.07, 6.45) is 3.41. The molecule has 1 saturated heterocycles. The van der Waals surface area contributed by atoms with Crippen LogP contribution in [0.2, 0.25) is 0 Å². The van der Waals surface area contributed by atoms with Gasteiger partial charge in [-0.1, -0.05) is 13.8 Å². The molecule has 0 saturated carbocycles. The van der Waals surface area contributed by atoms with Gasteiger partial charge in [0, 0.05) is 17.8 Å². The number of amides is 1. The maximum atomic E-state index is 12.1. The van der Waals surface area contributed by atoms with Crippen molar-refractivity contribution in [2.45, 2.75) is 44.4 Å². The van der Waals surface area contributed by atoms with Crippen LogP contribution >= 0.6 is 11.8 Å². The molecule has 1 unspecified atom stereocenters. The van der Waals surface area contributed by atoms with E-state index in [-0.39, 0.29) is 11.9 Å². The molecule has 1 rings (SSSR count). The number of hydrogen-bond acceptors (Lipinski definition) is 4. The first-order chi connectivity index (χ1) is 9.47. The number of thioether (sulfide) groups is 1. The van der Waals surface area contributed by atoms with E-state index in [0.29, 0.717) is 16.9 Å². The van der Waals surface area contributed by atoms with Crippen LogP contribution in [0.5, 0.6) is 0 Å². The molecule has 1 aliphatic heterocycles. The molecule has 5 heteroatoms. The van der Waals surface area contributed by atoms with Gasteiger partial charge in [0.05, 0.1) is 5.75 Å². The second kappa shape index (κ2) is 9.64. The molecule has 20 heavy (non-hydrogen) atoms. The van der Waals surface area contributed by atoms with E-state index < -0.39 is 0 Å². The van der Waals surface area contributed by atoms with Crippen LogP contribution in [0.15, 0.2) is 0 Å². The van der Waals surface area contributed by atoms with Gasteiger partial charge < -0.3 is 15.5 Å². The summed E-state index contributed by atoms with van der Waals surface area (Å²) in [5.74, 6) is 1.41. The molecule has 1 fully saturated rings. The first-order valence-corrected chi connectivity index (χ1v) is 8.78. The topological polar surface area (TPSA) is 44.4 Å². The van der Waals surface area contributed by atoms with E-state index in [1.807, 2.05) is 11.8 Å². The zero-order valence-corrected chi connectivity index (χ0v) is 14.3. The lowest BCUT2D eigenvalue weighted by atomic mass is 10.0. The zero-order chi connectivity index (χ0) is 15.0. The number of hydrogen-bond donors (Lipinski definition) is 2. The molecule has 0 aromatic heterocycles. The Morgan fingerprint density at radius 3 is 2.55 bits per heavy atom. The molecular weight excluding hydrogens is 270 g/mol. The van der Waals surface area contributed by atoms with E-state index in [0.717, 1.165) is 26.1 Å². The Labute approximate surface area is 128 Å². The smallest absolute Gasteiger partial charge is 0.230 e. The maximum Gasteiger partial charge on any atom is 0.230 e. The molecule has 0 radical (unpaired) electrons. The van der Waals surface area contributed by atoms with E-state index in [1.54, 1.807) is 0 Å². The standard InChI is InChI=1S/C15H31N3OS/c1-12(2)9-13(10-18(3)4)17-15(19)11-20-14-5-7-16-8-6-14/h12-14,16H,5-11H2,1-4H3,(H,17,19). The van der Waals surface area contributed by atoms with Crippen LogP contribution in [0, 0.1) is 5.92 Å². The summed E-state index contributed by atoms with van der Waals surface area (Å²) in [5, 5.41) is 7.21. The molecular formula is C15H31N3OS. The second-order valence-electron chi connectivity index (χ2n) is 6.42. The predicted octanol–water partition coefficient (Wildman–Crippen LogP) is 1.56. The fraction of sp³-hybridized carbons (Fsp3) is 0.933. The van der Waals surface area contributed by atoms with Crippen LogP contribution in [0.25, 0.3) is 0 Å². The van der Waals surface area contributed by atoms with Gasteiger partial charge in [0.15, 0.2) is 0 Å². The van der Waals surface area contributed by atoms with Gasteiger partial charge >= 0.3 is 0 Å². The molecule has 1 heterocycles. The van der Waals surface area contributed by atoms with Crippen molar-refractivity contribution in [1.29, 1.82) is 0 Å². The highest BCUT2D eigenvalue weighted by molar-refractivity contribution is 8.00. The number of carbonyl (C=O) groups excluding carboxylic acids is 1. The third-order valence-electron chi connectivity index (χ3n) is 3.44. The third-order valence-corrected chi connectivity index (χ3v) is 4.81. The van der Waals surface area contributed by atoms with Crippen molar-refractivity contribution in [2.24, 2.45) is 5.92 Å². The first-order valence-electron chi connectivity index (χ1n) is 7.73. The predicted molar refractivity (Wildman–Crippen MR) is 88.3 cm³/mol. The molecule has 0 bridgehead atoms. The zero-order valence-electron chi connectivity index (χ0n) is 13.4. The van der Waals surface area contributed by atoms with Gasteiger partial charge in [-0.15, -0.1) is 11.8 Å². The number of carbonyl (C=O) groups is 1. The lowest BCUT2D eigenvalue weighted by molar-refractivity contribution is -0.119. The summed E-state index contributed by atoms with van der Waals surface area (Å²) in [5.41, 5.74) is 0. The van der Waals surface area contributed by atoms with Gasteiger partial charge in [-0.25, -0.2) is 0 Å². The Kier molecular flexibility index (Phi) is 8.57. The molecule has 0 spiro atoms. The SMILES string of the molecule is CC(C)CC(CN(C)C)NC(=O)CSC1CCNCC1. The fourth-order valence-corrected chi connectivity index (χ4v) is 3.65. The van der Waals surface area contributed by atoms with Gasteiger partial charge in [0.2, 0.25) is 5.91 Å². The Morgan fingerprint density at radius 2 is 2.00 bits per heavy atom. The summed E-state index contributed by atoms with van der Waals surface area (Å²) in [6.45, 7) is 7.52. The molecule has 1 aliphatic rings. The quantitative estimate of drug-likeness (QED) is 0.714. The van der Waals surface area contributed by atoms with Crippen LogP contribution < -0.4 is 10.6 Å². The monoisotopic (exact) mass is 301 g/mol. The molecule has 118 valence electrons. The highest BCUT2D eigenvalue weighted by Crippen LogP contribution is 2.19. The summed E-state index contributed by atoms with van der Waals surface area (Å²) in [7, 11) is 4.12. The van der Waals surface area contributed by atoms with Crippen LogP contribution in [-0.2, 0) is 4.79 Å². The van der Waals surface area contributed by atoms with Crippen molar-refractivity contribution in [2.75, 3.05) is 39.5 Å². The van der Waals surface area contributed by atoms with Crippen molar-refractivity contribution in [3.63, 3.8) is 0 Å².